The molecule has 2 nitrogen and oxygen atoms in total. The van der Waals surface area contributed by atoms with Crippen LogP contribution in [0.3, 0.4) is 0 Å². The van der Waals surface area contributed by atoms with Crippen molar-refractivity contribution in [1.82, 2.24) is 0 Å². The van der Waals surface area contributed by atoms with E-state index in [0.29, 0.717) is 5.02 Å². The van der Waals surface area contributed by atoms with Crippen LogP contribution in [0.5, 0.6) is 0 Å². The zero-order valence-electron chi connectivity index (χ0n) is 15.8. The van der Waals surface area contributed by atoms with Crippen molar-refractivity contribution in [1.29, 1.82) is 0 Å². The number of benzene rings is 3. The second kappa shape index (κ2) is 6.49. The average Bonchev–Trinajstić information content (AvgIpc) is 2.93. The molecule has 0 fully saturated rings. The Hall–Kier alpha value is -1.59. The quantitative estimate of drug-likeness (QED) is 0.451. The smallest absolute Gasteiger partial charge is 0.332 e. The van der Waals surface area contributed by atoms with Crippen LogP contribution >= 0.6 is 22.9 Å². The van der Waals surface area contributed by atoms with Gasteiger partial charge in [0.2, 0.25) is 0 Å². The van der Waals surface area contributed by atoms with Gasteiger partial charge in [0, 0.05) is 25.2 Å². The van der Waals surface area contributed by atoms with Gasteiger partial charge in [-0.05, 0) is 68.2 Å². The van der Waals surface area contributed by atoms with Gasteiger partial charge in [0.05, 0.1) is 11.2 Å². The van der Waals surface area contributed by atoms with E-state index in [0.717, 1.165) is 10.8 Å². The summed E-state index contributed by atoms with van der Waals surface area (Å²) < 4.78 is 8.30. The van der Waals surface area contributed by atoms with E-state index in [4.69, 9.17) is 16.3 Å². The van der Waals surface area contributed by atoms with Gasteiger partial charge in [0.25, 0.3) is 0 Å². The van der Waals surface area contributed by atoms with E-state index in [1.165, 1.54) is 25.6 Å². The molecule has 27 heavy (non-hydrogen) atoms. The summed E-state index contributed by atoms with van der Waals surface area (Å²) in [4.78, 5) is 0. The molecule has 4 rings (SSSR count). The number of hydrogen-bond donors (Lipinski definition) is 1. The molecule has 1 N–H and O–H groups in total. The first-order chi connectivity index (χ1) is 12.7. The maximum atomic E-state index is 10.3. The Kier molecular flexibility index (Phi) is 4.51. The van der Waals surface area contributed by atoms with Gasteiger partial charge >= 0.3 is 7.48 Å². The predicted molar refractivity (Wildman–Crippen MR) is 119 cm³/mol. The lowest BCUT2D eigenvalue weighted by atomic mass is 9.82. The number of thiophene rings is 1. The highest BCUT2D eigenvalue weighted by Crippen LogP contribution is 2.37. The Morgan fingerprint density at radius 2 is 1.52 bits per heavy atom. The number of fused-ring (bicyclic) bond motifs is 4. The molecule has 4 aromatic rings. The van der Waals surface area contributed by atoms with Gasteiger partial charge in [0.1, 0.15) is 0 Å². The first-order valence-corrected chi connectivity index (χ1v) is 10.1. The average molecular weight is 396 g/mol. The molecule has 1 heterocycles. The van der Waals surface area contributed by atoms with Crippen LogP contribution in [0.15, 0.2) is 48.5 Å². The van der Waals surface area contributed by atoms with Crippen molar-refractivity contribution in [3.8, 4) is 0 Å². The third kappa shape index (κ3) is 3.36. The van der Waals surface area contributed by atoms with Gasteiger partial charge < -0.3 is 9.76 Å². The van der Waals surface area contributed by atoms with E-state index >= 15 is 0 Å². The number of aliphatic hydroxyl groups is 1. The molecule has 0 unspecified atom stereocenters. The minimum absolute atomic E-state index is 0.641. The molecule has 0 amide bonds. The summed E-state index contributed by atoms with van der Waals surface area (Å²) >= 11 is 8.31. The predicted octanol–water partition coefficient (Wildman–Crippen LogP) is 5.67. The van der Waals surface area contributed by atoms with E-state index in [-0.39, 0.29) is 0 Å². The highest BCUT2D eigenvalue weighted by Gasteiger charge is 2.35. The second-order valence-electron chi connectivity index (χ2n) is 7.97. The van der Waals surface area contributed by atoms with Gasteiger partial charge in [-0.25, -0.2) is 0 Å². The molecule has 0 aliphatic heterocycles. The molecule has 1 radical (unpaired) electrons. The summed E-state index contributed by atoms with van der Waals surface area (Å²) in [6.07, 6.45) is 0. The third-order valence-corrected chi connectivity index (χ3v) is 6.85. The molecule has 0 aliphatic rings. The lowest BCUT2D eigenvalue weighted by Crippen LogP contribution is -2.49. The molecule has 1 aromatic heterocycles. The van der Waals surface area contributed by atoms with Gasteiger partial charge in [-0.15, -0.1) is 11.3 Å². The van der Waals surface area contributed by atoms with E-state index in [1.54, 1.807) is 32.7 Å². The molecule has 0 aliphatic carbocycles. The van der Waals surface area contributed by atoms with Crippen LogP contribution in [0.4, 0.5) is 0 Å². The Morgan fingerprint density at radius 3 is 2.19 bits per heavy atom. The zero-order valence-corrected chi connectivity index (χ0v) is 17.4. The van der Waals surface area contributed by atoms with Crippen LogP contribution in [-0.2, 0) is 4.65 Å². The summed E-state index contributed by atoms with van der Waals surface area (Å²) in [6, 6.07) is 16.9. The van der Waals surface area contributed by atoms with E-state index in [2.05, 4.69) is 42.5 Å². The SMILES string of the molecule is CC(C)(O)C(C)(C)O[B]c1cc2sc3cc4ccccc4cc3c2cc1Cl. The van der Waals surface area contributed by atoms with Gasteiger partial charge in [-0.1, -0.05) is 35.9 Å². The van der Waals surface area contributed by atoms with Crippen LogP contribution in [-0.4, -0.2) is 23.8 Å². The zero-order chi connectivity index (χ0) is 19.4. The van der Waals surface area contributed by atoms with Crippen LogP contribution in [0.2, 0.25) is 5.02 Å². The number of hydrogen-bond acceptors (Lipinski definition) is 3. The summed E-state index contributed by atoms with van der Waals surface area (Å²) in [5.41, 5.74) is -0.890. The van der Waals surface area contributed by atoms with Crippen molar-refractivity contribution in [3.63, 3.8) is 0 Å². The van der Waals surface area contributed by atoms with E-state index in [1.807, 2.05) is 19.9 Å². The first kappa shape index (κ1) is 18.8. The Balaban J connectivity index is 1.77. The molecular formula is C22H21BClO2S. The third-order valence-electron chi connectivity index (χ3n) is 5.41. The lowest BCUT2D eigenvalue weighted by molar-refractivity contribution is -0.0893. The van der Waals surface area contributed by atoms with Gasteiger partial charge in [-0.2, -0.15) is 0 Å². The molecule has 0 atom stereocenters. The van der Waals surface area contributed by atoms with Crippen molar-refractivity contribution in [2.75, 3.05) is 0 Å². The van der Waals surface area contributed by atoms with Crippen molar-refractivity contribution < 1.29 is 9.76 Å². The Morgan fingerprint density at radius 1 is 0.926 bits per heavy atom. The van der Waals surface area contributed by atoms with Crippen LogP contribution in [0, 0.1) is 0 Å². The number of halogens is 1. The maximum absolute atomic E-state index is 10.3. The van der Waals surface area contributed by atoms with E-state index in [9.17, 15) is 5.11 Å². The molecule has 5 heteroatoms. The summed E-state index contributed by atoms with van der Waals surface area (Å²) in [5.74, 6) is 0. The Bertz CT molecular complexity index is 1160. The highest BCUT2D eigenvalue weighted by atomic mass is 35.5. The monoisotopic (exact) mass is 395 g/mol. The topological polar surface area (TPSA) is 29.5 Å². The van der Waals surface area contributed by atoms with E-state index < -0.39 is 11.2 Å². The fourth-order valence-corrected chi connectivity index (χ4v) is 4.32. The second-order valence-corrected chi connectivity index (χ2v) is 9.46. The van der Waals surface area contributed by atoms with Crippen molar-refractivity contribution >= 4 is 66.8 Å². The van der Waals surface area contributed by atoms with Gasteiger partial charge in [0.15, 0.2) is 0 Å². The van der Waals surface area contributed by atoms with Gasteiger partial charge in [-0.3, -0.25) is 0 Å². The fraction of sp³-hybridized carbons (Fsp3) is 0.273. The van der Waals surface area contributed by atoms with Crippen molar-refractivity contribution in [2.24, 2.45) is 0 Å². The summed E-state index contributed by atoms with van der Waals surface area (Å²) in [6.45, 7) is 7.20. The van der Waals surface area contributed by atoms with Crippen LogP contribution in [0.1, 0.15) is 27.7 Å². The molecule has 3 aromatic carbocycles. The summed E-state index contributed by atoms with van der Waals surface area (Å²) in [7, 11) is 1.65. The normalized spacial score (nSPS) is 13.0. The molecule has 0 spiro atoms. The maximum Gasteiger partial charge on any atom is 0.332 e. The van der Waals surface area contributed by atoms with Crippen molar-refractivity contribution in [2.45, 2.75) is 38.9 Å². The highest BCUT2D eigenvalue weighted by molar-refractivity contribution is 7.26. The van der Waals surface area contributed by atoms with Crippen LogP contribution < -0.4 is 5.46 Å². The summed E-state index contributed by atoms with van der Waals surface area (Å²) in [5, 5.41) is 15.8. The minimum atomic E-state index is -0.974. The molecular weight excluding hydrogens is 375 g/mol. The standard InChI is InChI=1S/C22H21BClO2S/c1-21(2,25)22(3,4)26-23-17-12-20-16(11-18(17)24)15-9-13-7-5-6-8-14(13)10-19(15)27-20/h5-12,25H,1-4H3. The lowest BCUT2D eigenvalue weighted by Gasteiger charge is -2.37. The first-order valence-electron chi connectivity index (χ1n) is 8.94. The molecule has 0 saturated heterocycles. The molecule has 0 saturated carbocycles. The minimum Gasteiger partial charge on any atom is -0.427 e. The Labute approximate surface area is 169 Å². The fourth-order valence-electron chi connectivity index (χ4n) is 2.94. The van der Waals surface area contributed by atoms with Crippen LogP contribution in [0.25, 0.3) is 30.9 Å². The molecule has 137 valence electrons. The number of rotatable bonds is 4. The van der Waals surface area contributed by atoms with Crippen molar-refractivity contribution in [3.05, 3.63) is 53.6 Å². The largest absolute Gasteiger partial charge is 0.427 e. The molecule has 0 bridgehead atoms.